The smallest absolute Gasteiger partial charge is 0.328 e. The number of ether oxygens (including phenoxy) is 3. The van der Waals surface area contributed by atoms with Gasteiger partial charge in [0.05, 0.1) is 37.1 Å². The van der Waals surface area contributed by atoms with E-state index in [0.717, 1.165) is 77.0 Å². The lowest BCUT2D eigenvalue weighted by Gasteiger charge is -2.62. The molecule has 14 nitrogen and oxygen atoms in total. The Morgan fingerprint density at radius 3 is 2.01 bits per heavy atom. The van der Waals surface area contributed by atoms with Crippen LogP contribution in [0.25, 0.3) is 0 Å². The number of nitrogens with one attached hydrogen (secondary N) is 1. The molecule has 0 radical (unpaired) electrons. The molecule has 4 saturated carbocycles. The highest BCUT2D eigenvalue weighted by Gasteiger charge is 2.63. The van der Waals surface area contributed by atoms with Gasteiger partial charge in [-0.3, -0.25) is 4.79 Å². The van der Waals surface area contributed by atoms with Gasteiger partial charge in [0, 0.05) is 6.42 Å². The molecule has 5 rings (SSSR count). The Balaban J connectivity index is 1.02. The van der Waals surface area contributed by atoms with Crippen LogP contribution in [0.3, 0.4) is 0 Å². The van der Waals surface area contributed by atoms with Crippen LogP contribution in [0.5, 0.6) is 0 Å². The first kappa shape index (κ1) is 56.5. The summed E-state index contributed by atoms with van der Waals surface area (Å²) >= 11 is 0. The van der Waals surface area contributed by atoms with Crippen LogP contribution in [0.4, 0.5) is 0 Å². The van der Waals surface area contributed by atoms with Crippen molar-refractivity contribution in [3.8, 4) is 0 Å². The van der Waals surface area contributed by atoms with Crippen molar-refractivity contribution in [1.29, 1.82) is 0 Å². The molecule has 67 heavy (non-hydrogen) atoms. The Morgan fingerprint density at radius 1 is 0.761 bits per heavy atom. The highest BCUT2D eigenvalue weighted by Crippen LogP contribution is 2.68. The molecule has 1 amide bonds. The minimum absolute atomic E-state index is 0.0838. The fourth-order valence-electron chi connectivity index (χ4n) is 13.9. The number of fused-ring (bicyclic) bond motifs is 5. The maximum atomic E-state index is 13.5. The van der Waals surface area contributed by atoms with Crippen molar-refractivity contribution in [2.45, 2.75) is 256 Å². The van der Waals surface area contributed by atoms with Crippen molar-refractivity contribution in [1.82, 2.24) is 5.32 Å². The van der Waals surface area contributed by atoms with E-state index >= 15 is 0 Å². The molecular formula is C53H96N2O12. The summed E-state index contributed by atoms with van der Waals surface area (Å²) in [4.78, 5) is 26.9. The van der Waals surface area contributed by atoms with Gasteiger partial charge in [0.25, 0.3) is 0 Å². The number of hydrogen-bond acceptors (Lipinski definition) is 13. The van der Waals surface area contributed by atoms with E-state index in [1.807, 2.05) is 0 Å². The van der Waals surface area contributed by atoms with E-state index in [4.69, 9.17) is 19.9 Å². The number of unbranched alkanes of at least 4 members (excludes halogenated alkanes) is 11. The maximum absolute atomic E-state index is 13.5. The average Bonchev–Trinajstić information content (AvgIpc) is 3.66. The van der Waals surface area contributed by atoms with Gasteiger partial charge in [0.2, 0.25) is 5.91 Å². The quantitative estimate of drug-likeness (QED) is 0.0338. The molecule has 0 aromatic rings. The largest absolute Gasteiger partial charge is 0.461 e. The third-order valence-corrected chi connectivity index (χ3v) is 18.2. The van der Waals surface area contributed by atoms with Gasteiger partial charge >= 0.3 is 5.97 Å². The molecule has 0 spiro atoms. The summed E-state index contributed by atoms with van der Waals surface area (Å²) in [5, 5.41) is 78.4. The lowest BCUT2D eigenvalue weighted by Crippen LogP contribution is -2.60. The zero-order valence-corrected chi connectivity index (χ0v) is 42.3. The molecular weight excluding hydrogens is 857 g/mol. The SMILES string of the molecule is CCCCCCCCCCCCCC[C@@H](O)[C@@H](O)[C@@H](N)CO[C@H]1O[C@H](COC(=O)[C@@H](NC(=O)CC[C@@H](C)C2CCC3C4C(CC[C@@]32C)[C@@]2(C)CC[C@@H](O)CC2C[C@H]4O)C(C)C)[C@H](O)[C@H](O)[C@H]1O. The number of nitrogens with two attached hydrogens (primary N) is 1. The molecule has 19 atom stereocenters. The average molecular weight is 953 g/mol. The Labute approximate surface area is 403 Å². The first-order chi connectivity index (χ1) is 31.8. The number of carbonyl (C=O) groups is 2. The molecule has 0 aromatic carbocycles. The minimum atomic E-state index is -1.70. The predicted molar refractivity (Wildman–Crippen MR) is 257 cm³/mol. The predicted octanol–water partition coefficient (Wildman–Crippen LogP) is 6.04. The van der Waals surface area contributed by atoms with Crippen molar-refractivity contribution < 1.29 is 59.5 Å². The molecule has 5 aliphatic rings. The van der Waals surface area contributed by atoms with Crippen LogP contribution in [0.15, 0.2) is 0 Å². The van der Waals surface area contributed by atoms with Gasteiger partial charge in [-0.15, -0.1) is 0 Å². The Bertz CT molecular complexity index is 1490. The number of carbonyl (C=O) groups excluding carboxylic acids is 2. The third-order valence-electron chi connectivity index (χ3n) is 18.2. The van der Waals surface area contributed by atoms with Crippen molar-refractivity contribution in [3.05, 3.63) is 0 Å². The highest BCUT2D eigenvalue weighted by atomic mass is 16.7. The molecule has 1 saturated heterocycles. The standard InChI is InChI=1S/C53H96N2O12/c1-7-8-9-10-11-12-13-14-15-16-17-18-19-40(57)46(60)39(54)30-66-51-49(63)48(62)47(61)42(67-51)31-65-50(64)45(32(2)3)55-43(59)23-20-33(4)36-21-22-37-44-38(25-27-53(36,37)6)52(5)26-24-35(56)28-34(52)29-41(44)58/h32-42,44-49,51,56-58,60-63H,7-31,54H2,1-6H3,(H,55,59)/t33-,34?,35-,36?,37?,38?,39+,40-,41-,42-,44?,45+,46+,47+,48+,49-,51+,52+,53-/m1/s1. The normalized spacial score (nSPS) is 37.4. The maximum Gasteiger partial charge on any atom is 0.328 e. The summed E-state index contributed by atoms with van der Waals surface area (Å²) in [7, 11) is 0. The second-order valence-electron chi connectivity index (χ2n) is 23.1. The zero-order chi connectivity index (χ0) is 49.1. The summed E-state index contributed by atoms with van der Waals surface area (Å²) in [6.45, 7) is 12.1. The van der Waals surface area contributed by atoms with Crippen molar-refractivity contribution in [3.63, 3.8) is 0 Å². The number of hydrogen-bond donors (Lipinski definition) is 9. The van der Waals surface area contributed by atoms with E-state index in [-0.39, 0.29) is 59.7 Å². The Kier molecular flexibility index (Phi) is 22.2. The molecule has 10 N–H and O–H groups in total. The molecule has 0 aromatic heterocycles. The summed E-state index contributed by atoms with van der Waals surface area (Å²) in [6.07, 6.45) is 12.7. The van der Waals surface area contributed by atoms with Crippen LogP contribution in [0.1, 0.15) is 189 Å². The minimum Gasteiger partial charge on any atom is -0.461 e. The first-order valence-corrected chi connectivity index (χ1v) is 27.1. The Morgan fingerprint density at radius 2 is 1.37 bits per heavy atom. The highest BCUT2D eigenvalue weighted by molar-refractivity contribution is 5.84. The summed E-state index contributed by atoms with van der Waals surface area (Å²) in [5.74, 6) is 0.944. The van der Waals surface area contributed by atoms with Gasteiger partial charge in [-0.2, -0.15) is 0 Å². The van der Waals surface area contributed by atoms with Gasteiger partial charge in [0.1, 0.15) is 37.1 Å². The third kappa shape index (κ3) is 14.4. The van der Waals surface area contributed by atoms with E-state index in [1.165, 1.54) is 51.4 Å². The van der Waals surface area contributed by atoms with Crippen molar-refractivity contribution >= 4 is 11.9 Å². The number of amides is 1. The van der Waals surface area contributed by atoms with E-state index in [1.54, 1.807) is 13.8 Å². The van der Waals surface area contributed by atoms with Gasteiger partial charge in [-0.05, 0) is 116 Å². The second kappa shape index (κ2) is 26.3. The molecule has 1 aliphatic heterocycles. The first-order valence-electron chi connectivity index (χ1n) is 27.1. The van der Waals surface area contributed by atoms with Crippen LogP contribution < -0.4 is 11.1 Å². The van der Waals surface area contributed by atoms with Crippen LogP contribution >= 0.6 is 0 Å². The summed E-state index contributed by atoms with van der Waals surface area (Å²) in [6, 6.07) is -2.01. The zero-order valence-electron chi connectivity index (χ0n) is 42.3. The van der Waals surface area contributed by atoms with Crippen LogP contribution in [-0.4, -0.2) is 128 Å². The second-order valence-corrected chi connectivity index (χ2v) is 23.1. The fraction of sp³-hybridized carbons (Fsp3) is 0.962. The van der Waals surface area contributed by atoms with Gasteiger partial charge in [-0.25, -0.2) is 4.79 Å². The molecule has 14 heteroatoms. The lowest BCUT2D eigenvalue weighted by atomic mass is 9.43. The van der Waals surface area contributed by atoms with E-state index in [9.17, 15) is 45.3 Å². The molecule has 1 heterocycles. The molecule has 0 bridgehead atoms. The van der Waals surface area contributed by atoms with E-state index < -0.39 is 67.6 Å². The van der Waals surface area contributed by atoms with E-state index in [0.29, 0.717) is 36.5 Å². The number of aliphatic hydroxyl groups excluding tert-OH is 7. The van der Waals surface area contributed by atoms with Crippen molar-refractivity contribution in [2.24, 2.45) is 58.0 Å². The molecule has 390 valence electrons. The molecule has 5 unspecified atom stereocenters. The number of esters is 1. The monoisotopic (exact) mass is 953 g/mol. The summed E-state index contributed by atoms with van der Waals surface area (Å²) < 4.78 is 17.0. The van der Waals surface area contributed by atoms with Gasteiger partial charge in [-0.1, -0.05) is 119 Å². The summed E-state index contributed by atoms with van der Waals surface area (Å²) in [5.41, 5.74) is 6.42. The molecule has 4 aliphatic carbocycles. The lowest BCUT2D eigenvalue weighted by molar-refractivity contribution is -0.303. The van der Waals surface area contributed by atoms with Crippen LogP contribution in [0, 0.1) is 52.3 Å². The fourth-order valence-corrected chi connectivity index (χ4v) is 13.9. The van der Waals surface area contributed by atoms with Crippen molar-refractivity contribution in [2.75, 3.05) is 13.2 Å². The Hall–Kier alpha value is -1.46. The number of aliphatic hydroxyl groups is 7. The van der Waals surface area contributed by atoms with Crippen LogP contribution in [0.2, 0.25) is 0 Å². The van der Waals surface area contributed by atoms with Gasteiger partial charge < -0.3 is 61.0 Å². The topological polar surface area (TPSA) is 241 Å². The number of rotatable bonds is 27. The molecule has 5 fully saturated rings. The van der Waals surface area contributed by atoms with Gasteiger partial charge in [0.15, 0.2) is 6.29 Å². The van der Waals surface area contributed by atoms with E-state index in [2.05, 4.69) is 33.0 Å². The van der Waals surface area contributed by atoms with Crippen LogP contribution in [-0.2, 0) is 23.8 Å².